The van der Waals surface area contributed by atoms with Gasteiger partial charge in [-0.3, -0.25) is 4.90 Å². The lowest BCUT2D eigenvalue weighted by atomic mass is 10.0. The van der Waals surface area contributed by atoms with Crippen LogP contribution < -0.4 is 5.32 Å². The number of morpholine rings is 1. The van der Waals surface area contributed by atoms with Crippen LogP contribution in [-0.4, -0.2) is 55.2 Å². The number of carbonyl (C=O) groups excluding carboxylic acids is 1. The summed E-state index contributed by atoms with van der Waals surface area (Å²) in [6.45, 7) is 6.47. The monoisotopic (exact) mass is 391 g/mol. The summed E-state index contributed by atoms with van der Waals surface area (Å²) in [6, 6.07) is 10.5. The molecule has 1 fully saturated rings. The van der Waals surface area contributed by atoms with Crippen LogP contribution in [0.15, 0.2) is 41.8 Å². The molecule has 146 valence electrons. The molecule has 1 saturated heterocycles. The Morgan fingerprint density at radius 3 is 2.81 bits per heavy atom. The smallest absolute Gasteiger partial charge is 0.317 e. The third-order valence-corrected chi connectivity index (χ3v) is 5.62. The Balaban J connectivity index is 1.66. The summed E-state index contributed by atoms with van der Waals surface area (Å²) in [5.41, 5.74) is 0.874. The maximum atomic E-state index is 13.8. The van der Waals surface area contributed by atoms with Gasteiger partial charge in [0.2, 0.25) is 0 Å². The SMILES string of the molecule is CCN(Cc1cccs1)C(=O)NCC(c1cccc(F)c1)N1CCOCC1. The van der Waals surface area contributed by atoms with Crippen molar-refractivity contribution in [3.05, 3.63) is 58.0 Å². The van der Waals surface area contributed by atoms with E-state index in [2.05, 4.69) is 10.2 Å². The third kappa shape index (κ3) is 5.51. The molecular weight excluding hydrogens is 365 g/mol. The molecule has 2 aromatic rings. The number of halogens is 1. The highest BCUT2D eigenvalue weighted by molar-refractivity contribution is 7.09. The molecule has 0 radical (unpaired) electrons. The van der Waals surface area contributed by atoms with Crippen LogP contribution in [0.1, 0.15) is 23.4 Å². The van der Waals surface area contributed by atoms with Crippen molar-refractivity contribution in [2.45, 2.75) is 19.5 Å². The van der Waals surface area contributed by atoms with Crippen LogP contribution in [0.5, 0.6) is 0 Å². The van der Waals surface area contributed by atoms with Gasteiger partial charge in [0.25, 0.3) is 0 Å². The number of urea groups is 1. The van der Waals surface area contributed by atoms with Crippen LogP contribution in [0, 0.1) is 5.82 Å². The normalized spacial score (nSPS) is 16.1. The maximum absolute atomic E-state index is 13.8. The van der Waals surface area contributed by atoms with Gasteiger partial charge < -0.3 is 15.0 Å². The fourth-order valence-electron chi connectivity index (χ4n) is 3.27. The number of benzene rings is 1. The Kier molecular flexibility index (Phi) is 7.20. The van der Waals surface area contributed by atoms with E-state index in [1.54, 1.807) is 28.4 Å². The second kappa shape index (κ2) is 9.82. The molecule has 3 rings (SSSR count). The van der Waals surface area contributed by atoms with E-state index in [1.165, 1.54) is 6.07 Å². The molecule has 1 unspecified atom stereocenters. The molecule has 1 aromatic carbocycles. The highest BCUT2D eigenvalue weighted by atomic mass is 32.1. The van der Waals surface area contributed by atoms with Crippen molar-refractivity contribution in [3.63, 3.8) is 0 Å². The van der Waals surface area contributed by atoms with Crippen LogP contribution in [0.25, 0.3) is 0 Å². The molecule has 27 heavy (non-hydrogen) atoms. The highest BCUT2D eigenvalue weighted by Gasteiger charge is 2.24. The van der Waals surface area contributed by atoms with E-state index in [0.717, 1.165) is 23.5 Å². The van der Waals surface area contributed by atoms with Crippen molar-refractivity contribution in [1.82, 2.24) is 15.1 Å². The molecule has 2 amide bonds. The average Bonchev–Trinajstić information content (AvgIpc) is 3.20. The van der Waals surface area contributed by atoms with Crippen molar-refractivity contribution in [2.75, 3.05) is 39.4 Å². The van der Waals surface area contributed by atoms with Crippen molar-refractivity contribution < 1.29 is 13.9 Å². The maximum Gasteiger partial charge on any atom is 0.317 e. The predicted octanol–water partition coefficient (Wildman–Crippen LogP) is 3.49. The molecule has 1 aliphatic heterocycles. The van der Waals surface area contributed by atoms with Gasteiger partial charge in [0.1, 0.15) is 5.82 Å². The number of thiophene rings is 1. The number of amides is 2. The fraction of sp³-hybridized carbons (Fsp3) is 0.450. The zero-order valence-corrected chi connectivity index (χ0v) is 16.4. The second-order valence-corrected chi connectivity index (χ2v) is 7.53. The number of carbonyl (C=O) groups is 1. The second-order valence-electron chi connectivity index (χ2n) is 6.50. The standard InChI is InChI=1S/C20H26FN3O2S/c1-2-23(15-18-7-4-12-27-18)20(25)22-14-19(24-8-10-26-11-9-24)16-5-3-6-17(21)13-16/h3-7,12-13,19H,2,8-11,14-15H2,1H3,(H,22,25). The first-order chi connectivity index (χ1) is 13.2. The lowest BCUT2D eigenvalue weighted by Gasteiger charge is -2.35. The van der Waals surface area contributed by atoms with Crippen LogP contribution in [0.4, 0.5) is 9.18 Å². The first-order valence-corrected chi connectivity index (χ1v) is 10.2. The number of nitrogens with zero attached hydrogens (tertiary/aromatic N) is 2. The largest absolute Gasteiger partial charge is 0.379 e. The molecule has 0 bridgehead atoms. The first-order valence-electron chi connectivity index (χ1n) is 9.29. The van der Waals surface area contributed by atoms with Gasteiger partial charge in [-0.25, -0.2) is 9.18 Å². The van der Waals surface area contributed by atoms with E-state index < -0.39 is 0 Å². The van der Waals surface area contributed by atoms with E-state index in [4.69, 9.17) is 4.74 Å². The minimum atomic E-state index is -0.259. The molecule has 0 saturated carbocycles. The van der Waals surface area contributed by atoms with Crippen molar-refractivity contribution in [1.29, 1.82) is 0 Å². The average molecular weight is 392 g/mol. The van der Waals surface area contributed by atoms with Gasteiger partial charge in [-0.05, 0) is 36.1 Å². The summed E-state index contributed by atoms with van der Waals surface area (Å²) in [5, 5.41) is 5.06. The zero-order chi connectivity index (χ0) is 19.1. The van der Waals surface area contributed by atoms with Crippen LogP contribution in [0.3, 0.4) is 0 Å². The number of nitrogens with one attached hydrogen (secondary N) is 1. The summed E-state index contributed by atoms with van der Waals surface area (Å²) < 4.78 is 19.2. The molecule has 1 aromatic heterocycles. The van der Waals surface area contributed by atoms with E-state index in [1.807, 2.05) is 30.5 Å². The van der Waals surface area contributed by atoms with E-state index in [0.29, 0.717) is 32.8 Å². The summed E-state index contributed by atoms with van der Waals surface area (Å²) in [4.78, 5) is 17.9. The Labute approximate surface area is 163 Å². The third-order valence-electron chi connectivity index (χ3n) is 4.76. The van der Waals surface area contributed by atoms with Gasteiger partial charge in [0.15, 0.2) is 0 Å². The van der Waals surface area contributed by atoms with E-state index in [9.17, 15) is 9.18 Å². The summed E-state index contributed by atoms with van der Waals surface area (Å²) in [6.07, 6.45) is 0. The molecule has 1 aliphatic rings. The molecule has 1 N–H and O–H groups in total. The Bertz CT molecular complexity index is 720. The number of hydrogen-bond acceptors (Lipinski definition) is 4. The first kappa shape index (κ1) is 19.8. The lowest BCUT2D eigenvalue weighted by Crippen LogP contribution is -2.46. The number of ether oxygens (including phenoxy) is 1. The number of hydrogen-bond donors (Lipinski definition) is 1. The van der Waals surface area contributed by atoms with Crippen LogP contribution in [0.2, 0.25) is 0 Å². The Morgan fingerprint density at radius 1 is 1.33 bits per heavy atom. The molecule has 0 spiro atoms. The molecule has 0 aliphatic carbocycles. The molecular formula is C20H26FN3O2S. The summed E-state index contributed by atoms with van der Waals surface area (Å²) in [7, 11) is 0. The Hall–Kier alpha value is -1.96. The van der Waals surface area contributed by atoms with Gasteiger partial charge in [-0.15, -0.1) is 11.3 Å². The van der Waals surface area contributed by atoms with Gasteiger partial charge in [-0.1, -0.05) is 18.2 Å². The van der Waals surface area contributed by atoms with E-state index in [-0.39, 0.29) is 17.9 Å². The van der Waals surface area contributed by atoms with Gasteiger partial charge in [-0.2, -0.15) is 0 Å². The quantitative estimate of drug-likeness (QED) is 0.786. The highest BCUT2D eigenvalue weighted by Crippen LogP contribution is 2.22. The zero-order valence-electron chi connectivity index (χ0n) is 15.6. The summed E-state index contributed by atoms with van der Waals surface area (Å²) >= 11 is 1.64. The Morgan fingerprint density at radius 2 is 2.15 bits per heavy atom. The van der Waals surface area contributed by atoms with Crippen LogP contribution in [-0.2, 0) is 11.3 Å². The van der Waals surface area contributed by atoms with Crippen molar-refractivity contribution in [3.8, 4) is 0 Å². The van der Waals surface area contributed by atoms with Crippen LogP contribution >= 0.6 is 11.3 Å². The van der Waals surface area contributed by atoms with Crippen molar-refractivity contribution in [2.24, 2.45) is 0 Å². The number of rotatable bonds is 7. The minimum Gasteiger partial charge on any atom is -0.379 e. The predicted molar refractivity (Wildman–Crippen MR) is 105 cm³/mol. The molecule has 7 heteroatoms. The van der Waals surface area contributed by atoms with Gasteiger partial charge in [0.05, 0.1) is 25.8 Å². The molecule has 5 nitrogen and oxygen atoms in total. The topological polar surface area (TPSA) is 44.8 Å². The van der Waals surface area contributed by atoms with Gasteiger partial charge >= 0.3 is 6.03 Å². The molecule has 2 heterocycles. The van der Waals surface area contributed by atoms with Crippen molar-refractivity contribution >= 4 is 17.4 Å². The fourth-order valence-corrected chi connectivity index (χ4v) is 3.99. The molecule has 1 atom stereocenters. The van der Waals surface area contributed by atoms with Gasteiger partial charge in [0, 0.05) is 31.1 Å². The van der Waals surface area contributed by atoms with E-state index >= 15 is 0 Å². The lowest BCUT2D eigenvalue weighted by molar-refractivity contribution is 0.0164. The minimum absolute atomic E-state index is 0.0750. The summed E-state index contributed by atoms with van der Waals surface area (Å²) in [5.74, 6) is -0.259.